The first-order valence-corrected chi connectivity index (χ1v) is 10.7. The predicted molar refractivity (Wildman–Crippen MR) is 114 cm³/mol. The standard InChI is InChI=1S/C21H20ClN5OS/c1-14(2)12-19-23-18(26-28-19)13-29-21-25-24-20(15-8-10-16(22)11-9-15)27(21)17-6-4-3-5-7-17/h3-11,14H,12-13H2,1-2H3. The summed E-state index contributed by atoms with van der Waals surface area (Å²) in [5, 5.41) is 14.4. The molecule has 0 saturated carbocycles. The molecule has 2 aromatic carbocycles. The molecule has 2 heterocycles. The van der Waals surface area contributed by atoms with E-state index in [1.54, 1.807) is 0 Å². The van der Waals surface area contributed by atoms with Gasteiger partial charge in [0, 0.05) is 22.7 Å². The van der Waals surface area contributed by atoms with Gasteiger partial charge in [0.1, 0.15) is 0 Å². The van der Waals surface area contributed by atoms with Crippen LogP contribution in [0.1, 0.15) is 25.6 Å². The molecule has 0 amide bonds. The summed E-state index contributed by atoms with van der Waals surface area (Å²) in [5.74, 6) is 3.10. The van der Waals surface area contributed by atoms with Crippen molar-refractivity contribution in [3.8, 4) is 17.1 Å². The molecule has 29 heavy (non-hydrogen) atoms. The Morgan fingerprint density at radius 3 is 2.52 bits per heavy atom. The van der Waals surface area contributed by atoms with Gasteiger partial charge in [-0.25, -0.2) is 0 Å². The number of rotatable bonds is 7. The smallest absolute Gasteiger partial charge is 0.226 e. The van der Waals surface area contributed by atoms with Crippen molar-refractivity contribution in [2.24, 2.45) is 5.92 Å². The summed E-state index contributed by atoms with van der Waals surface area (Å²) in [4.78, 5) is 4.47. The van der Waals surface area contributed by atoms with Crippen molar-refractivity contribution >= 4 is 23.4 Å². The quantitative estimate of drug-likeness (QED) is 0.366. The summed E-state index contributed by atoms with van der Waals surface area (Å²) in [7, 11) is 0. The van der Waals surface area contributed by atoms with Crippen LogP contribution in [0.5, 0.6) is 0 Å². The number of para-hydroxylation sites is 1. The molecule has 0 aliphatic carbocycles. The van der Waals surface area contributed by atoms with Crippen LogP contribution in [0.2, 0.25) is 5.02 Å². The van der Waals surface area contributed by atoms with Gasteiger partial charge in [0.05, 0.1) is 5.75 Å². The van der Waals surface area contributed by atoms with Crippen molar-refractivity contribution in [1.29, 1.82) is 0 Å². The summed E-state index contributed by atoms with van der Waals surface area (Å²) in [5.41, 5.74) is 1.93. The van der Waals surface area contributed by atoms with Crippen molar-refractivity contribution in [1.82, 2.24) is 24.9 Å². The molecule has 0 unspecified atom stereocenters. The van der Waals surface area contributed by atoms with Crippen LogP contribution in [0.25, 0.3) is 17.1 Å². The first-order valence-electron chi connectivity index (χ1n) is 9.31. The topological polar surface area (TPSA) is 69.6 Å². The molecular weight excluding hydrogens is 406 g/mol. The van der Waals surface area contributed by atoms with Crippen molar-refractivity contribution in [2.75, 3.05) is 0 Å². The van der Waals surface area contributed by atoms with Gasteiger partial charge >= 0.3 is 0 Å². The second kappa shape index (κ2) is 8.80. The van der Waals surface area contributed by atoms with E-state index in [4.69, 9.17) is 16.1 Å². The number of nitrogens with zero attached hydrogens (tertiary/aromatic N) is 5. The summed E-state index contributed by atoms with van der Waals surface area (Å²) in [6.45, 7) is 4.25. The second-order valence-corrected chi connectivity index (χ2v) is 8.35. The molecule has 0 fully saturated rings. The van der Waals surface area contributed by atoms with Gasteiger partial charge < -0.3 is 4.52 Å². The SMILES string of the molecule is CC(C)Cc1nc(CSc2nnc(-c3ccc(Cl)cc3)n2-c2ccccc2)no1. The summed E-state index contributed by atoms with van der Waals surface area (Å²) in [6.07, 6.45) is 0.776. The van der Waals surface area contributed by atoms with Gasteiger partial charge in [0.2, 0.25) is 5.89 Å². The Morgan fingerprint density at radius 1 is 1.03 bits per heavy atom. The fraction of sp³-hybridized carbons (Fsp3) is 0.238. The molecule has 148 valence electrons. The van der Waals surface area contributed by atoms with Gasteiger partial charge in [-0.1, -0.05) is 60.6 Å². The van der Waals surface area contributed by atoms with E-state index in [0.29, 0.717) is 28.4 Å². The van der Waals surface area contributed by atoms with Crippen LogP contribution < -0.4 is 0 Å². The Labute approximate surface area is 178 Å². The number of benzene rings is 2. The zero-order valence-corrected chi connectivity index (χ0v) is 17.7. The number of aromatic nitrogens is 5. The van der Waals surface area contributed by atoms with Crippen molar-refractivity contribution in [2.45, 2.75) is 31.2 Å². The van der Waals surface area contributed by atoms with E-state index >= 15 is 0 Å². The Morgan fingerprint density at radius 2 is 1.79 bits per heavy atom. The monoisotopic (exact) mass is 425 g/mol. The highest BCUT2D eigenvalue weighted by atomic mass is 35.5. The zero-order chi connectivity index (χ0) is 20.2. The van der Waals surface area contributed by atoms with Gasteiger partial charge in [-0.15, -0.1) is 10.2 Å². The fourth-order valence-corrected chi connectivity index (χ4v) is 3.79. The van der Waals surface area contributed by atoms with E-state index in [1.165, 1.54) is 11.8 Å². The van der Waals surface area contributed by atoms with Gasteiger partial charge in [-0.05, 0) is 42.3 Å². The molecule has 4 aromatic rings. The lowest BCUT2D eigenvalue weighted by molar-refractivity contribution is 0.360. The number of halogens is 1. The van der Waals surface area contributed by atoms with Crippen molar-refractivity contribution in [3.05, 3.63) is 71.3 Å². The first-order chi connectivity index (χ1) is 14.1. The third-order valence-corrected chi connectivity index (χ3v) is 5.35. The maximum absolute atomic E-state index is 6.04. The zero-order valence-electron chi connectivity index (χ0n) is 16.1. The third-order valence-electron chi connectivity index (χ3n) is 4.17. The van der Waals surface area contributed by atoms with Crippen LogP contribution in [-0.4, -0.2) is 24.9 Å². The molecule has 0 N–H and O–H groups in total. The van der Waals surface area contributed by atoms with Gasteiger partial charge in [0.15, 0.2) is 16.8 Å². The maximum atomic E-state index is 6.04. The van der Waals surface area contributed by atoms with Crippen LogP contribution in [0.4, 0.5) is 0 Å². The molecule has 0 aliphatic rings. The lowest BCUT2D eigenvalue weighted by Gasteiger charge is -2.10. The Kier molecular flexibility index (Phi) is 5.97. The lowest BCUT2D eigenvalue weighted by atomic mass is 10.1. The largest absolute Gasteiger partial charge is 0.339 e. The summed E-state index contributed by atoms with van der Waals surface area (Å²) in [6, 6.07) is 17.6. The number of thioether (sulfide) groups is 1. The molecular formula is C21H20ClN5OS. The number of hydrogen-bond donors (Lipinski definition) is 0. The van der Waals surface area contributed by atoms with Crippen LogP contribution in [0.3, 0.4) is 0 Å². The molecule has 6 nitrogen and oxygen atoms in total. The van der Waals surface area contributed by atoms with E-state index in [9.17, 15) is 0 Å². The highest BCUT2D eigenvalue weighted by Crippen LogP contribution is 2.30. The first kappa shape index (κ1) is 19.7. The molecule has 4 rings (SSSR count). The highest BCUT2D eigenvalue weighted by Gasteiger charge is 2.17. The van der Waals surface area contributed by atoms with Gasteiger partial charge in [-0.2, -0.15) is 4.98 Å². The van der Waals surface area contributed by atoms with E-state index in [0.717, 1.165) is 28.7 Å². The van der Waals surface area contributed by atoms with E-state index in [-0.39, 0.29) is 0 Å². The minimum absolute atomic E-state index is 0.471. The lowest BCUT2D eigenvalue weighted by Crippen LogP contribution is -2.00. The van der Waals surface area contributed by atoms with Crippen molar-refractivity contribution in [3.63, 3.8) is 0 Å². The average Bonchev–Trinajstić information content (AvgIpc) is 3.34. The van der Waals surface area contributed by atoms with Crippen LogP contribution in [0.15, 0.2) is 64.3 Å². The third kappa shape index (κ3) is 4.68. The molecule has 0 saturated heterocycles. The van der Waals surface area contributed by atoms with Crippen LogP contribution in [-0.2, 0) is 12.2 Å². The Balaban J connectivity index is 1.63. The molecule has 0 atom stereocenters. The van der Waals surface area contributed by atoms with E-state index in [2.05, 4.69) is 34.2 Å². The Bertz CT molecular complexity index is 1080. The van der Waals surface area contributed by atoms with Gasteiger partial charge in [-0.3, -0.25) is 4.57 Å². The minimum Gasteiger partial charge on any atom is -0.339 e. The summed E-state index contributed by atoms with van der Waals surface area (Å²) >= 11 is 7.57. The van der Waals surface area contributed by atoms with E-state index in [1.807, 2.05) is 59.2 Å². The molecule has 2 aromatic heterocycles. The minimum atomic E-state index is 0.471. The second-order valence-electron chi connectivity index (χ2n) is 6.98. The predicted octanol–water partition coefficient (Wildman–Crippen LogP) is 5.46. The van der Waals surface area contributed by atoms with E-state index < -0.39 is 0 Å². The normalized spacial score (nSPS) is 11.3. The summed E-state index contributed by atoms with van der Waals surface area (Å²) < 4.78 is 7.37. The van der Waals surface area contributed by atoms with Crippen LogP contribution >= 0.6 is 23.4 Å². The molecule has 0 aliphatic heterocycles. The van der Waals surface area contributed by atoms with Crippen LogP contribution in [0, 0.1) is 5.92 Å². The molecule has 0 radical (unpaired) electrons. The fourth-order valence-electron chi connectivity index (χ4n) is 2.87. The highest BCUT2D eigenvalue weighted by molar-refractivity contribution is 7.98. The number of hydrogen-bond acceptors (Lipinski definition) is 6. The molecule has 8 heteroatoms. The Hall–Kier alpha value is -2.64. The maximum Gasteiger partial charge on any atom is 0.226 e. The average molecular weight is 426 g/mol. The molecule has 0 bridgehead atoms. The van der Waals surface area contributed by atoms with Crippen molar-refractivity contribution < 1.29 is 4.52 Å². The van der Waals surface area contributed by atoms with Gasteiger partial charge in [0.25, 0.3) is 0 Å². The molecule has 0 spiro atoms.